The van der Waals surface area contributed by atoms with Crippen LogP contribution in [0, 0.1) is 5.82 Å². The second-order valence-electron chi connectivity index (χ2n) is 6.80. The molecule has 2 amide bonds. The van der Waals surface area contributed by atoms with E-state index < -0.39 is 17.9 Å². The van der Waals surface area contributed by atoms with Gasteiger partial charge in [0.2, 0.25) is 6.79 Å². The highest BCUT2D eigenvalue weighted by Gasteiger charge is 2.24. The molecule has 1 aromatic heterocycles. The molecule has 0 saturated carbocycles. The van der Waals surface area contributed by atoms with Crippen LogP contribution in [-0.2, 0) is 7.05 Å². The average molecular weight is 396 g/mol. The van der Waals surface area contributed by atoms with Crippen LogP contribution in [-0.4, -0.2) is 22.4 Å². The van der Waals surface area contributed by atoms with Gasteiger partial charge in [-0.05, 0) is 30.7 Å². The van der Waals surface area contributed by atoms with E-state index in [1.54, 1.807) is 42.2 Å². The Balaban J connectivity index is 1.52. The van der Waals surface area contributed by atoms with Gasteiger partial charge in [0.1, 0.15) is 17.7 Å². The van der Waals surface area contributed by atoms with Crippen molar-refractivity contribution in [1.29, 1.82) is 0 Å². The molecule has 8 heteroatoms. The molecule has 0 unspecified atom stereocenters. The fourth-order valence-electron chi connectivity index (χ4n) is 3.28. The van der Waals surface area contributed by atoms with E-state index in [-0.39, 0.29) is 12.8 Å². The first-order valence-corrected chi connectivity index (χ1v) is 9.21. The minimum Gasteiger partial charge on any atom is -0.454 e. The average Bonchev–Trinajstić information content (AvgIpc) is 3.34. The van der Waals surface area contributed by atoms with E-state index in [0.717, 1.165) is 5.56 Å². The predicted molar refractivity (Wildman–Crippen MR) is 104 cm³/mol. The zero-order chi connectivity index (χ0) is 20.4. The minimum absolute atomic E-state index is 0.190. The number of urea groups is 1. The summed E-state index contributed by atoms with van der Waals surface area (Å²) in [5.74, 6) is 1.44. The van der Waals surface area contributed by atoms with Crippen LogP contribution < -0.4 is 20.1 Å². The van der Waals surface area contributed by atoms with Crippen molar-refractivity contribution in [3.63, 3.8) is 0 Å². The van der Waals surface area contributed by atoms with Gasteiger partial charge in [0.25, 0.3) is 0 Å². The molecule has 0 aliphatic carbocycles. The normalized spacial score (nSPS) is 14.3. The highest BCUT2D eigenvalue weighted by molar-refractivity contribution is 5.75. The van der Waals surface area contributed by atoms with E-state index in [2.05, 4.69) is 15.6 Å². The lowest BCUT2D eigenvalue weighted by molar-refractivity contribution is 0.174. The number of hydrogen-bond donors (Lipinski definition) is 2. The van der Waals surface area contributed by atoms with Crippen LogP contribution in [0.5, 0.6) is 11.5 Å². The molecule has 0 spiro atoms. The number of aryl methyl sites for hydroxylation is 1. The standard InChI is InChI=1S/C21H21FN4O3/c1-13(14-7-8-17-18(11-14)29-12-28-17)24-21(27)25-19(20-23-9-10-26(20)2)15-5-3-4-6-16(15)22/h3-11,13,19H,12H2,1-2H3,(H2,24,25,27)/t13-,19+/m0/s1. The second kappa shape index (κ2) is 7.83. The van der Waals surface area contributed by atoms with Crippen molar-refractivity contribution in [2.75, 3.05) is 6.79 Å². The number of benzene rings is 2. The first kappa shape index (κ1) is 18.8. The lowest BCUT2D eigenvalue weighted by Crippen LogP contribution is -2.40. The van der Waals surface area contributed by atoms with Gasteiger partial charge in [-0.15, -0.1) is 0 Å². The van der Waals surface area contributed by atoms with Crippen LogP contribution in [0.3, 0.4) is 0 Å². The van der Waals surface area contributed by atoms with Gasteiger partial charge in [-0.1, -0.05) is 24.3 Å². The fraction of sp³-hybridized carbons (Fsp3) is 0.238. The first-order chi connectivity index (χ1) is 14.0. The first-order valence-electron chi connectivity index (χ1n) is 9.21. The summed E-state index contributed by atoms with van der Waals surface area (Å²) >= 11 is 0. The number of carbonyl (C=O) groups excluding carboxylic acids is 1. The van der Waals surface area contributed by atoms with E-state index in [1.165, 1.54) is 6.07 Å². The summed E-state index contributed by atoms with van der Waals surface area (Å²) < 4.78 is 26.9. The van der Waals surface area contributed by atoms with Gasteiger partial charge in [0.15, 0.2) is 11.5 Å². The van der Waals surface area contributed by atoms with Crippen molar-refractivity contribution in [3.8, 4) is 11.5 Å². The number of fused-ring (bicyclic) bond motifs is 1. The molecular formula is C21H21FN4O3. The van der Waals surface area contributed by atoms with Gasteiger partial charge < -0.3 is 24.7 Å². The molecule has 7 nitrogen and oxygen atoms in total. The molecule has 1 aliphatic rings. The fourth-order valence-corrected chi connectivity index (χ4v) is 3.28. The summed E-state index contributed by atoms with van der Waals surface area (Å²) in [6.45, 7) is 2.05. The van der Waals surface area contributed by atoms with Crippen molar-refractivity contribution in [2.45, 2.75) is 19.0 Å². The number of rotatable bonds is 5. The third-order valence-electron chi connectivity index (χ3n) is 4.85. The Morgan fingerprint density at radius 1 is 1.17 bits per heavy atom. The molecule has 4 rings (SSSR count). The maximum Gasteiger partial charge on any atom is 0.316 e. The maximum atomic E-state index is 14.4. The Labute approximate surface area is 167 Å². The number of aromatic nitrogens is 2. The molecule has 0 radical (unpaired) electrons. The molecule has 150 valence electrons. The molecule has 0 bridgehead atoms. The summed E-state index contributed by atoms with van der Waals surface area (Å²) in [5, 5.41) is 5.72. The number of hydrogen-bond acceptors (Lipinski definition) is 4. The second-order valence-corrected chi connectivity index (χ2v) is 6.80. The molecule has 2 N–H and O–H groups in total. The van der Waals surface area contributed by atoms with Crippen LogP contribution >= 0.6 is 0 Å². The van der Waals surface area contributed by atoms with Crippen LogP contribution in [0.2, 0.25) is 0 Å². The number of ether oxygens (including phenoxy) is 2. The number of amides is 2. The lowest BCUT2D eigenvalue weighted by Gasteiger charge is -2.22. The van der Waals surface area contributed by atoms with E-state index in [0.29, 0.717) is 22.9 Å². The van der Waals surface area contributed by atoms with Gasteiger partial charge in [0.05, 0.1) is 6.04 Å². The lowest BCUT2D eigenvalue weighted by atomic mass is 10.1. The van der Waals surface area contributed by atoms with Crippen molar-refractivity contribution < 1.29 is 18.7 Å². The Bertz CT molecular complexity index is 1040. The van der Waals surface area contributed by atoms with Gasteiger partial charge in [-0.2, -0.15) is 0 Å². The smallest absolute Gasteiger partial charge is 0.316 e. The SMILES string of the molecule is C[C@H](NC(=O)N[C@H](c1ccccc1F)c1nccn1C)c1ccc2c(c1)OCO2. The predicted octanol–water partition coefficient (Wildman–Crippen LogP) is 3.44. The van der Waals surface area contributed by atoms with Crippen molar-refractivity contribution in [2.24, 2.45) is 7.05 Å². The van der Waals surface area contributed by atoms with Gasteiger partial charge in [-0.25, -0.2) is 14.2 Å². The van der Waals surface area contributed by atoms with E-state index >= 15 is 0 Å². The molecule has 29 heavy (non-hydrogen) atoms. The number of nitrogens with zero attached hydrogens (tertiary/aromatic N) is 2. The maximum absolute atomic E-state index is 14.4. The summed E-state index contributed by atoms with van der Waals surface area (Å²) in [4.78, 5) is 17.0. The monoisotopic (exact) mass is 396 g/mol. The summed E-state index contributed by atoms with van der Waals surface area (Å²) in [5.41, 5.74) is 1.21. The number of nitrogens with one attached hydrogen (secondary N) is 2. The minimum atomic E-state index is -0.736. The Kier molecular flexibility index (Phi) is 5.07. The Hall–Kier alpha value is -3.55. The quantitative estimate of drug-likeness (QED) is 0.693. The van der Waals surface area contributed by atoms with Crippen molar-refractivity contribution in [1.82, 2.24) is 20.2 Å². The largest absolute Gasteiger partial charge is 0.454 e. The number of imidazole rings is 1. The van der Waals surface area contributed by atoms with E-state index in [4.69, 9.17) is 9.47 Å². The van der Waals surface area contributed by atoms with Crippen LogP contribution in [0.25, 0.3) is 0 Å². The van der Waals surface area contributed by atoms with Crippen LogP contribution in [0.4, 0.5) is 9.18 Å². The van der Waals surface area contributed by atoms with E-state index in [9.17, 15) is 9.18 Å². The van der Waals surface area contributed by atoms with Gasteiger partial charge in [-0.3, -0.25) is 0 Å². The van der Waals surface area contributed by atoms with Gasteiger partial charge in [0, 0.05) is 25.0 Å². The Morgan fingerprint density at radius 3 is 2.72 bits per heavy atom. The van der Waals surface area contributed by atoms with E-state index in [1.807, 2.05) is 25.1 Å². The molecule has 2 heterocycles. The topological polar surface area (TPSA) is 77.4 Å². The van der Waals surface area contributed by atoms with Crippen LogP contribution in [0.1, 0.15) is 36.0 Å². The molecule has 0 fully saturated rings. The molecule has 2 aromatic carbocycles. The summed E-state index contributed by atoms with van der Waals surface area (Å²) in [6.07, 6.45) is 3.36. The molecule has 3 aromatic rings. The zero-order valence-corrected chi connectivity index (χ0v) is 16.1. The van der Waals surface area contributed by atoms with Crippen molar-refractivity contribution >= 4 is 6.03 Å². The van der Waals surface area contributed by atoms with Crippen LogP contribution in [0.15, 0.2) is 54.9 Å². The third-order valence-corrected chi connectivity index (χ3v) is 4.85. The Morgan fingerprint density at radius 2 is 1.97 bits per heavy atom. The number of halogens is 1. The van der Waals surface area contributed by atoms with Gasteiger partial charge >= 0.3 is 6.03 Å². The third kappa shape index (κ3) is 3.87. The van der Waals surface area contributed by atoms with Crippen molar-refractivity contribution in [3.05, 3.63) is 77.6 Å². The number of carbonyl (C=O) groups is 1. The summed E-state index contributed by atoms with van der Waals surface area (Å²) in [7, 11) is 1.80. The molecular weight excluding hydrogens is 375 g/mol. The zero-order valence-electron chi connectivity index (χ0n) is 16.1. The molecule has 2 atom stereocenters. The molecule has 0 saturated heterocycles. The molecule has 1 aliphatic heterocycles. The highest BCUT2D eigenvalue weighted by Crippen LogP contribution is 2.34. The summed E-state index contributed by atoms with van der Waals surface area (Å²) in [6, 6.07) is 10.4. The highest BCUT2D eigenvalue weighted by atomic mass is 19.1.